The zero-order valence-corrected chi connectivity index (χ0v) is 10.8. The second kappa shape index (κ2) is 4.97. The van der Waals surface area contributed by atoms with Gasteiger partial charge in [0.2, 0.25) is 5.28 Å². The summed E-state index contributed by atoms with van der Waals surface area (Å²) in [6.07, 6.45) is 4.48. The maximum atomic E-state index is 12.8. The van der Waals surface area contributed by atoms with Crippen molar-refractivity contribution in [2.24, 2.45) is 0 Å². The van der Waals surface area contributed by atoms with Crippen LogP contribution in [0.3, 0.4) is 0 Å². The second-order valence-electron chi connectivity index (χ2n) is 4.30. The summed E-state index contributed by atoms with van der Waals surface area (Å²) >= 11 is 5.80. The molecule has 5 heteroatoms. The summed E-state index contributed by atoms with van der Waals surface area (Å²) in [5.41, 5.74) is 1.91. The minimum atomic E-state index is -0.213. The third-order valence-electron chi connectivity index (χ3n) is 3.03. The van der Waals surface area contributed by atoms with Crippen molar-refractivity contribution in [1.82, 2.24) is 14.5 Å². The van der Waals surface area contributed by atoms with Crippen molar-refractivity contribution in [3.8, 4) is 0 Å². The van der Waals surface area contributed by atoms with Crippen LogP contribution in [0.1, 0.15) is 5.56 Å². The number of nitrogens with zero attached hydrogens (tertiary/aromatic N) is 3. The third kappa shape index (κ3) is 2.58. The Labute approximate surface area is 114 Å². The van der Waals surface area contributed by atoms with Gasteiger partial charge in [0.15, 0.2) is 0 Å². The van der Waals surface area contributed by atoms with Crippen LogP contribution in [0.2, 0.25) is 5.28 Å². The van der Waals surface area contributed by atoms with Gasteiger partial charge in [0.25, 0.3) is 0 Å². The number of hydrogen-bond acceptors (Lipinski definition) is 2. The zero-order chi connectivity index (χ0) is 13.2. The highest BCUT2D eigenvalue weighted by atomic mass is 35.5. The van der Waals surface area contributed by atoms with Gasteiger partial charge in [0.05, 0.1) is 0 Å². The van der Waals surface area contributed by atoms with E-state index >= 15 is 0 Å². The lowest BCUT2D eigenvalue weighted by Gasteiger charge is -2.05. The van der Waals surface area contributed by atoms with E-state index in [1.54, 1.807) is 18.3 Å². The Morgan fingerprint density at radius 2 is 1.95 bits per heavy atom. The monoisotopic (exact) mass is 275 g/mol. The lowest BCUT2D eigenvalue weighted by molar-refractivity contribution is 0.626. The fourth-order valence-corrected chi connectivity index (χ4v) is 2.16. The van der Waals surface area contributed by atoms with Gasteiger partial charge in [0.1, 0.15) is 11.5 Å². The van der Waals surface area contributed by atoms with Crippen LogP contribution >= 0.6 is 11.6 Å². The average molecular weight is 276 g/mol. The molecule has 1 aromatic carbocycles. The predicted molar refractivity (Wildman–Crippen MR) is 72.6 cm³/mol. The van der Waals surface area contributed by atoms with Gasteiger partial charge in [-0.15, -0.1) is 0 Å². The van der Waals surface area contributed by atoms with E-state index in [2.05, 4.69) is 9.97 Å². The van der Waals surface area contributed by atoms with Crippen molar-refractivity contribution in [3.63, 3.8) is 0 Å². The average Bonchev–Trinajstić information content (AvgIpc) is 2.80. The predicted octanol–water partition coefficient (Wildman–Crippen LogP) is 3.47. The molecule has 0 aliphatic rings. The molecule has 0 N–H and O–H groups in total. The van der Waals surface area contributed by atoms with Crippen molar-refractivity contribution in [2.45, 2.75) is 13.0 Å². The van der Waals surface area contributed by atoms with E-state index in [9.17, 15) is 4.39 Å². The van der Waals surface area contributed by atoms with Gasteiger partial charge in [-0.3, -0.25) is 0 Å². The quantitative estimate of drug-likeness (QED) is 0.685. The first kappa shape index (κ1) is 12.1. The van der Waals surface area contributed by atoms with Crippen LogP contribution in [-0.2, 0) is 13.0 Å². The molecule has 0 saturated heterocycles. The lowest BCUT2D eigenvalue weighted by Crippen LogP contribution is -2.01. The van der Waals surface area contributed by atoms with Gasteiger partial charge in [-0.05, 0) is 41.8 Å². The number of benzene rings is 1. The molecule has 96 valence electrons. The molecule has 0 unspecified atom stereocenters. The molecule has 2 aromatic heterocycles. The van der Waals surface area contributed by atoms with E-state index in [1.165, 1.54) is 12.1 Å². The summed E-state index contributed by atoms with van der Waals surface area (Å²) in [5.74, 6) is -0.213. The Balaban J connectivity index is 1.81. The fraction of sp³-hybridized carbons (Fsp3) is 0.143. The first-order valence-electron chi connectivity index (χ1n) is 5.94. The number of rotatable bonds is 3. The number of aromatic nitrogens is 3. The summed E-state index contributed by atoms with van der Waals surface area (Å²) in [5, 5.41) is 1.21. The van der Waals surface area contributed by atoms with Crippen LogP contribution in [0.4, 0.5) is 4.39 Å². The Kier molecular flexibility index (Phi) is 3.17. The topological polar surface area (TPSA) is 30.7 Å². The van der Waals surface area contributed by atoms with E-state index in [-0.39, 0.29) is 11.1 Å². The van der Waals surface area contributed by atoms with Gasteiger partial charge in [-0.1, -0.05) is 12.1 Å². The molecule has 19 heavy (non-hydrogen) atoms. The van der Waals surface area contributed by atoms with E-state index in [0.717, 1.165) is 29.6 Å². The lowest BCUT2D eigenvalue weighted by atomic mass is 10.1. The molecule has 0 bridgehead atoms. The molecule has 0 aliphatic carbocycles. The molecule has 0 aliphatic heterocycles. The van der Waals surface area contributed by atoms with Crippen molar-refractivity contribution in [3.05, 3.63) is 59.4 Å². The summed E-state index contributed by atoms with van der Waals surface area (Å²) in [7, 11) is 0. The minimum absolute atomic E-state index is 0.213. The Morgan fingerprint density at radius 1 is 1.16 bits per heavy atom. The third-order valence-corrected chi connectivity index (χ3v) is 3.21. The van der Waals surface area contributed by atoms with Gasteiger partial charge < -0.3 is 4.57 Å². The largest absolute Gasteiger partial charge is 0.332 e. The first-order chi connectivity index (χ1) is 9.22. The summed E-state index contributed by atoms with van der Waals surface area (Å²) < 4.78 is 14.8. The van der Waals surface area contributed by atoms with Crippen LogP contribution in [-0.4, -0.2) is 14.5 Å². The molecular formula is C14H11ClFN3. The van der Waals surface area contributed by atoms with Crippen LogP contribution in [0.5, 0.6) is 0 Å². The van der Waals surface area contributed by atoms with Crippen LogP contribution in [0, 0.1) is 5.82 Å². The van der Waals surface area contributed by atoms with Crippen LogP contribution < -0.4 is 0 Å². The van der Waals surface area contributed by atoms with Gasteiger partial charge in [0, 0.05) is 24.3 Å². The van der Waals surface area contributed by atoms with Crippen molar-refractivity contribution in [2.75, 3.05) is 0 Å². The van der Waals surface area contributed by atoms with E-state index in [4.69, 9.17) is 11.6 Å². The van der Waals surface area contributed by atoms with Crippen molar-refractivity contribution < 1.29 is 4.39 Å². The van der Waals surface area contributed by atoms with Gasteiger partial charge in [-0.2, -0.15) is 4.98 Å². The number of aryl methyl sites for hydroxylation is 2. The van der Waals surface area contributed by atoms with Gasteiger partial charge in [-0.25, -0.2) is 9.37 Å². The molecule has 0 radical (unpaired) electrons. The maximum absolute atomic E-state index is 12.8. The number of fused-ring (bicyclic) bond motifs is 1. The highest BCUT2D eigenvalue weighted by molar-refractivity contribution is 6.28. The smallest absolute Gasteiger partial charge is 0.224 e. The standard InChI is InChI=1S/C14H11ClFN3/c15-14-17-9-11-6-8-19(13(11)18-14)7-5-10-1-3-12(16)4-2-10/h1-4,6,8-9H,5,7H2. The molecule has 3 rings (SSSR count). The van der Waals surface area contributed by atoms with Crippen molar-refractivity contribution in [1.29, 1.82) is 0 Å². The minimum Gasteiger partial charge on any atom is -0.332 e. The van der Waals surface area contributed by atoms with Gasteiger partial charge >= 0.3 is 0 Å². The summed E-state index contributed by atoms with van der Waals surface area (Å²) in [6, 6.07) is 8.49. The molecular weight excluding hydrogens is 265 g/mol. The Bertz CT molecular complexity index is 706. The second-order valence-corrected chi connectivity index (χ2v) is 4.64. The van der Waals surface area contributed by atoms with E-state index in [1.807, 2.05) is 16.8 Å². The summed E-state index contributed by atoms with van der Waals surface area (Å²) in [4.78, 5) is 8.17. The maximum Gasteiger partial charge on any atom is 0.224 e. The molecule has 2 heterocycles. The molecule has 0 amide bonds. The highest BCUT2D eigenvalue weighted by Gasteiger charge is 2.04. The first-order valence-corrected chi connectivity index (χ1v) is 6.32. The fourth-order valence-electron chi connectivity index (χ4n) is 2.03. The normalized spacial score (nSPS) is 11.1. The SMILES string of the molecule is Fc1ccc(CCn2ccc3cnc(Cl)nc32)cc1. The molecule has 0 fully saturated rings. The van der Waals surface area contributed by atoms with Crippen LogP contribution in [0.25, 0.3) is 11.0 Å². The molecule has 3 aromatic rings. The molecule has 0 spiro atoms. The van der Waals surface area contributed by atoms with Crippen LogP contribution in [0.15, 0.2) is 42.7 Å². The van der Waals surface area contributed by atoms with Crippen molar-refractivity contribution >= 4 is 22.6 Å². The highest BCUT2D eigenvalue weighted by Crippen LogP contribution is 2.15. The molecule has 0 atom stereocenters. The van der Waals surface area contributed by atoms with E-state index in [0.29, 0.717) is 0 Å². The molecule has 0 saturated carbocycles. The Morgan fingerprint density at radius 3 is 2.74 bits per heavy atom. The number of hydrogen-bond donors (Lipinski definition) is 0. The Hall–Kier alpha value is -1.94. The summed E-state index contributed by atoms with van der Waals surface area (Å²) in [6.45, 7) is 0.766. The van der Waals surface area contributed by atoms with E-state index < -0.39 is 0 Å². The molecule has 3 nitrogen and oxygen atoms in total. The zero-order valence-electron chi connectivity index (χ0n) is 10.1. The number of halogens is 2.